The Morgan fingerprint density at radius 2 is 1.77 bits per heavy atom. The Kier molecular flexibility index (Phi) is 5.34. The minimum Gasteiger partial charge on any atom is -0.502 e. The molecule has 0 atom stereocenters. The lowest BCUT2D eigenvalue weighted by atomic mass is 10.1. The van der Waals surface area contributed by atoms with E-state index in [4.69, 9.17) is 4.74 Å². The van der Waals surface area contributed by atoms with Crippen LogP contribution in [0.3, 0.4) is 0 Å². The number of hydrogen-bond acceptors (Lipinski definition) is 6. The molecular weight excluding hydrogens is 338 g/mol. The minimum atomic E-state index is -0.677. The molecule has 1 aromatic rings. The number of aliphatic hydroxyl groups is 1. The van der Waals surface area contributed by atoms with Crippen molar-refractivity contribution in [1.82, 2.24) is 9.80 Å². The number of imide groups is 1. The standard InChI is InChI=1S/C18H21N3O5/c1-12(22)19-14-4-2-13(3-5-14)15-16(23)18(25)21(17(15)24)7-6-20-8-10-26-11-9-20/h2-5,23H,6-11H2,1H3,(H,19,22). The molecule has 0 spiro atoms. The van der Waals surface area contributed by atoms with Crippen molar-refractivity contribution in [2.24, 2.45) is 0 Å². The number of amides is 3. The SMILES string of the molecule is CC(=O)Nc1ccc(C2=C(O)C(=O)N(CCN3CCOCC3)C2=O)cc1. The molecule has 138 valence electrons. The summed E-state index contributed by atoms with van der Waals surface area (Å²) in [5, 5.41) is 12.8. The van der Waals surface area contributed by atoms with Crippen LogP contribution in [0.1, 0.15) is 12.5 Å². The molecule has 26 heavy (non-hydrogen) atoms. The summed E-state index contributed by atoms with van der Waals surface area (Å²) in [5.41, 5.74) is 0.998. The van der Waals surface area contributed by atoms with Gasteiger partial charge in [0.25, 0.3) is 11.8 Å². The topological polar surface area (TPSA) is 99.2 Å². The van der Waals surface area contributed by atoms with Crippen molar-refractivity contribution in [3.8, 4) is 0 Å². The first-order chi connectivity index (χ1) is 12.5. The van der Waals surface area contributed by atoms with Crippen LogP contribution in [0.5, 0.6) is 0 Å². The largest absolute Gasteiger partial charge is 0.502 e. The third-order valence-electron chi connectivity index (χ3n) is 4.38. The molecule has 0 aromatic heterocycles. The first kappa shape index (κ1) is 18.1. The average Bonchev–Trinajstić information content (AvgIpc) is 2.84. The fraction of sp³-hybridized carbons (Fsp3) is 0.389. The number of rotatable bonds is 5. The smallest absolute Gasteiger partial charge is 0.296 e. The third kappa shape index (κ3) is 3.76. The highest BCUT2D eigenvalue weighted by Crippen LogP contribution is 2.28. The van der Waals surface area contributed by atoms with Crippen LogP contribution in [-0.2, 0) is 19.1 Å². The number of nitrogens with zero attached hydrogens (tertiary/aromatic N) is 2. The molecule has 8 nitrogen and oxygen atoms in total. The van der Waals surface area contributed by atoms with Crippen LogP contribution in [0, 0.1) is 0 Å². The Labute approximate surface area is 151 Å². The number of morpholine rings is 1. The van der Waals surface area contributed by atoms with Gasteiger partial charge in [-0.05, 0) is 17.7 Å². The van der Waals surface area contributed by atoms with Crippen molar-refractivity contribution < 1.29 is 24.2 Å². The van der Waals surface area contributed by atoms with E-state index in [1.54, 1.807) is 24.3 Å². The second-order valence-electron chi connectivity index (χ2n) is 6.20. The van der Waals surface area contributed by atoms with E-state index in [2.05, 4.69) is 10.2 Å². The lowest BCUT2D eigenvalue weighted by Crippen LogP contribution is -2.43. The second kappa shape index (κ2) is 7.67. The summed E-state index contributed by atoms with van der Waals surface area (Å²) in [6, 6.07) is 6.41. The van der Waals surface area contributed by atoms with E-state index in [-0.39, 0.29) is 18.0 Å². The number of carbonyl (C=O) groups excluding carboxylic acids is 3. The lowest BCUT2D eigenvalue weighted by molar-refractivity contribution is -0.138. The molecular formula is C18H21N3O5. The van der Waals surface area contributed by atoms with E-state index >= 15 is 0 Å². The summed E-state index contributed by atoms with van der Waals surface area (Å²) in [6.07, 6.45) is 0. The number of nitrogens with one attached hydrogen (secondary N) is 1. The average molecular weight is 359 g/mol. The van der Waals surface area contributed by atoms with E-state index in [0.29, 0.717) is 31.0 Å². The van der Waals surface area contributed by atoms with Gasteiger partial charge in [0.05, 0.1) is 18.8 Å². The molecule has 1 fully saturated rings. The van der Waals surface area contributed by atoms with Gasteiger partial charge in [-0.25, -0.2) is 0 Å². The quantitative estimate of drug-likeness (QED) is 0.748. The van der Waals surface area contributed by atoms with Crippen LogP contribution < -0.4 is 5.32 Å². The summed E-state index contributed by atoms with van der Waals surface area (Å²) in [4.78, 5) is 39.2. The molecule has 3 rings (SSSR count). The van der Waals surface area contributed by atoms with E-state index in [0.717, 1.165) is 18.0 Å². The maximum atomic E-state index is 12.6. The molecule has 2 aliphatic rings. The highest BCUT2D eigenvalue weighted by atomic mass is 16.5. The van der Waals surface area contributed by atoms with Crippen LogP contribution >= 0.6 is 0 Å². The zero-order chi connectivity index (χ0) is 18.7. The van der Waals surface area contributed by atoms with Gasteiger partial charge in [0.2, 0.25) is 5.91 Å². The summed E-state index contributed by atoms with van der Waals surface area (Å²) in [7, 11) is 0. The Bertz CT molecular complexity index is 751. The van der Waals surface area contributed by atoms with Crippen molar-refractivity contribution in [2.75, 3.05) is 44.7 Å². The molecule has 3 amide bonds. The zero-order valence-electron chi connectivity index (χ0n) is 14.5. The monoisotopic (exact) mass is 359 g/mol. The van der Waals surface area contributed by atoms with Gasteiger partial charge in [-0.2, -0.15) is 0 Å². The van der Waals surface area contributed by atoms with Gasteiger partial charge in [-0.3, -0.25) is 24.2 Å². The van der Waals surface area contributed by atoms with Gasteiger partial charge in [0.15, 0.2) is 5.76 Å². The van der Waals surface area contributed by atoms with Gasteiger partial charge in [0, 0.05) is 38.8 Å². The summed E-state index contributed by atoms with van der Waals surface area (Å²) >= 11 is 0. The number of anilines is 1. The van der Waals surface area contributed by atoms with Gasteiger partial charge in [0.1, 0.15) is 0 Å². The number of ether oxygens (including phenoxy) is 1. The molecule has 8 heteroatoms. The molecule has 2 aliphatic heterocycles. The van der Waals surface area contributed by atoms with Crippen LogP contribution in [0.2, 0.25) is 0 Å². The van der Waals surface area contributed by atoms with E-state index in [1.807, 2.05) is 0 Å². The van der Waals surface area contributed by atoms with Crippen molar-refractivity contribution in [3.63, 3.8) is 0 Å². The second-order valence-corrected chi connectivity index (χ2v) is 6.20. The highest BCUT2D eigenvalue weighted by molar-refractivity contribution is 6.34. The van der Waals surface area contributed by atoms with E-state index in [1.165, 1.54) is 6.92 Å². The van der Waals surface area contributed by atoms with Crippen LogP contribution in [0.15, 0.2) is 30.0 Å². The van der Waals surface area contributed by atoms with Crippen molar-refractivity contribution >= 4 is 29.0 Å². The number of aliphatic hydroxyl groups excluding tert-OH is 1. The molecule has 0 saturated carbocycles. The van der Waals surface area contributed by atoms with Gasteiger partial charge in [-0.1, -0.05) is 12.1 Å². The Morgan fingerprint density at radius 3 is 2.38 bits per heavy atom. The van der Waals surface area contributed by atoms with Crippen LogP contribution in [0.25, 0.3) is 5.57 Å². The number of benzene rings is 1. The molecule has 0 unspecified atom stereocenters. The van der Waals surface area contributed by atoms with Crippen molar-refractivity contribution in [2.45, 2.75) is 6.92 Å². The van der Waals surface area contributed by atoms with Gasteiger partial charge >= 0.3 is 0 Å². The Hall–Kier alpha value is -2.71. The first-order valence-electron chi connectivity index (χ1n) is 8.45. The molecule has 0 aliphatic carbocycles. The fourth-order valence-electron chi connectivity index (χ4n) is 3.02. The Morgan fingerprint density at radius 1 is 1.12 bits per heavy atom. The Balaban J connectivity index is 1.70. The normalized spacial score (nSPS) is 18.6. The summed E-state index contributed by atoms with van der Waals surface area (Å²) in [6.45, 7) is 4.95. The predicted molar refractivity (Wildman–Crippen MR) is 94.3 cm³/mol. The maximum Gasteiger partial charge on any atom is 0.296 e. The van der Waals surface area contributed by atoms with Gasteiger partial charge in [-0.15, -0.1) is 0 Å². The number of hydrogen-bond donors (Lipinski definition) is 2. The summed E-state index contributed by atoms with van der Waals surface area (Å²) in [5.74, 6) is -1.93. The molecule has 2 N–H and O–H groups in total. The first-order valence-corrected chi connectivity index (χ1v) is 8.45. The third-order valence-corrected chi connectivity index (χ3v) is 4.38. The maximum absolute atomic E-state index is 12.6. The lowest BCUT2D eigenvalue weighted by Gasteiger charge is -2.28. The van der Waals surface area contributed by atoms with E-state index in [9.17, 15) is 19.5 Å². The van der Waals surface area contributed by atoms with Gasteiger partial charge < -0.3 is 15.2 Å². The van der Waals surface area contributed by atoms with Crippen LogP contribution in [0.4, 0.5) is 5.69 Å². The summed E-state index contributed by atoms with van der Waals surface area (Å²) < 4.78 is 5.28. The molecule has 0 bridgehead atoms. The van der Waals surface area contributed by atoms with Crippen LogP contribution in [-0.4, -0.2) is 72.0 Å². The molecule has 0 radical (unpaired) electrons. The fourth-order valence-corrected chi connectivity index (χ4v) is 3.02. The molecule has 1 aromatic carbocycles. The van der Waals surface area contributed by atoms with E-state index < -0.39 is 17.6 Å². The molecule has 1 saturated heterocycles. The van der Waals surface area contributed by atoms with Crippen molar-refractivity contribution in [3.05, 3.63) is 35.6 Å². The molecule has 2 heterocycles. The zero-order valence-corrected chi connectivity index (χ0v) is 14.5. The number of carbonyl (C=O) groups is 3. The minimum absolute atomic E-state index is 0.00801. The highest BCUT2D eigenvalue weighted by Gasteiger charge is 2.39. The predicted octanol–water partition coefficient (Wildman–Crippen LogP) is 0.615. The van der Waals surface area contributed by atoms with Crippen molar-refractivity contribution in [1.29, 1.82) is 0 Å².